The van der Waals surface area contributed by atoms with E-state index in [1.54, 1.807) is 0 Å². The number of hydrogen-bond acceptors (Lipinski definition) is 5. The Kier molecular flexibility index (Phi) is 11.8. The summed E-state index contributed by atoms with van der Waals surface area (Å²) in [6, 6.07) is 0. The van der Waals surface area contributed by atoms with Crippen molar-refractivity contribution < 1.29 is 9.47 Å². The normalized spacial score (nSPS) is 21.6. The second-order valence-electron chi connectivity index (χ2n) is 8.20. The van der Waals surface area contributed by atoms with Crippen molar-refractivity contribution >= 4 is 5.96 Å². The maximum Gasteiger partial charge on any atom is 0.190 e. The van der Waals surface area contributed by atoms with E-state index in [4.69, 9.17) is 9.47 Å². The molecule has 0 spiro atoms. The number of nitrogens with one attached hydrogen (secondary N) is 2. The molecule has 1 atom stereocenters. The molecule has 2 rings (SSSR count). The molecule has 7 nitrogen and oxygen atoms in total. The van der Waals surface area contributed by atoms with E-state index < -0.39 is 0 Å². The molecule has 0 saturated carbocycles. The minimum absolute atomic E-state index is 0.606. The second kappa shape index (κ2) is 14.1. The molecule has 2 fully saturated rings. The first kappa shape index (κ1) is 23.4. The molecule has 2 aliphatic heterocycles. The predicted molar refractivity (Wildman–Crippen MR) is 116 cm³/mol. The summed E-state index contributed by atoms with van der Waals surface area (Å²) >= 11 is 0. The van der Waals surface area contributed by atoms with Gasteiger partial charge in [-0.05, 0) is 37.6 Å². The summed E-state index contributed by atoms with van der Waals surface area (Å²) in [7, 11) is 1.84. The Morgan fingerprint density at radius 2 is 1.86 bits per heavy atom. The fourth-order valence-corrected chi connectivity index (χ4v) is 3.83. The van der Waals surface area contributed by atoms with Crippen LogP contribution in [0.3, 0.4) is 0 Å². The third-order valence-corrected chi connectivity index (χ3v) is 5.78. The van der Waals surface area contributed by atoms with Gasteiger partial charge in [-0.1, -0.05) is 13.8 Å². The van der Waals surface area contributed by atoms with Crippen LogP contribution < -0.4 is 10.6 Å². The van der Waals surface area contributed by atoms with Gasteiger partial charge in [-0.15, -0.1) is 0 Å². The summed E-state index contributed by atoms with van der Waals surface area (Å²) in [6.07, 6.45) is 3.28. The number of piperazine rings is 1. The average Bonchev–Trinajstić information content (AvgIpc) is 2.74. The van der Waals surface area contributed by atoms with Gasteiger partial charge in [-0.25, -0.2) is 0 Å². The molecule has 0 amide bonds. The molecule has 164 valence electrons. The Morgan fingerprint density at radius 3 is 2.54 bits per heavy atom. The van der Waals surface area contributed by atoms with Gasteiger partial charge in [-0.2, -0.15) is 0 Å². The van der Waals surface area contributed by atoms with Crippen molar-refractivity contribution in [3.05, 3.63) is 0 Å². The molecule has 2 aliphatic rings. The smallest absolute Gasteiger partial charge is 0.190 e. The molecule has 7 heteroatoms. The maximum absolute atomic E-state index is 5.82. The SMILES string of the molecule is CCN1CCN(CC(C)CNC(=NC)NCCCOCC2CCOCC2)CC1. The topological polar surface area (TPSA) is 61.4 Å². The number of ether oxygens (including phenoxy) is 2. The molecule has 0 aromatic carbocycles. The zero-order valence-corrected chi connectivity index (χ0v) is 18.4. The lowest BCUT2D eigenvalue weighted by molar-refractivity contribution is 0.0203. The molecule has 0 aromatic heterocycles. The van der Waals surface area contributed by atoms with Crippen molar-refractivity contribution in [2.75, 3.05) is 85.8 Å². The van der Waals surface area contributed by atoms with Crippen LogP contribution in [0.15, 0.2) is 4.99 Å². The van der Waals surface area contributed by atoms with Gasteiger partial charge >= 0.3 is 0 Å². The lowest BCUT2D eigenvalue weighted by atomic mass is 10.0. The molecule has 0 aromatic rings. The van der Waals surface area contributed by atoms with Gasteiger partial charge in [0.05, 0.1) is 0 Å². The van der Waals surface area contributed by atoms with Crippen molar-refractivity contribution in [3.8, 4) is 0 Å². The minimum atomic E-state index is 0.606. The van der Waals surface area contributed by atoms with Crippen LogP contribution in [-0.4, -0.2) is 102 Å². The van der Waals surface area contributed by atoms with Crippen molar-refractivity contribution in [1.29, 1.82) is 0 Å². The fourth-order valence-electron chi connectivity index (χ4n) is 3.83. The van der Waals surface area contributed by atoms with E-state index in [-0.39, 0.29) is 0 Å². The average molecular weight is 398 g/mol. The quantitative estimate of drug-likeness (QED) is 0.311. The van der Waals surface area contributed by atoms with Gasteiger partial charge in [0.25, 0.3) is 0 Å². The van der Waals surface area contributed by atoms with E-state index in [9.17, 15) is 0 Å². The summed E-state index contributed by atoms with van der Waals surface area (Å²) in [6.45, 7) is 17.0. The third-order valence-electron chi connectivity index (χ3n) is 5.78. The zero-order chi connectivity index (χ0) is 20.0. The van der Waals surface area contributed by atoms with Crippen LogP contribution in [0.1, 0.15) is 33.1 Å². The van der Waals surface area contributed by atoms with Crippen LogP contribution in [0.25, 0.3) is 0 Å². The first-order chi connectivity index (χ1) is 13.7. The summed E-state index contributed by atoms with van der Waals surface area (Å²) < 4.78 is 11.2. The van der Waals surface area contributed by atoms with Crippen LogP contribution in [0.5, 0.6) is 0 Å². The van der Waals surface area contributed by atoms with E-state index in [1.807, 2.05) is 7.05 Å². The highest BCUT2D eigenvalue weighted by Crippen LogP contribution is 2.14. The molecule has 0 radical (unpaired) electrons. The molecule has 2 saturated heterocycles. The van der Waals surface area contributed by atoms with Gasteiger partial charge in [0.1, 0.15) is 0 Å². The van der Waals surface area contributed by atoms with Gasteiger partial charge in [0, 0.05) is 79.3 Å². The lowest BCUT2D eigenvalue weighted by Gasteiger charge is -2.35. The minimum Gasteiger partial charge on any atom is -0.381 e. The predicted octanol–water partition coefficient (Wildman–Crippen LogP) is 1.26. The Labute approximate surface area is 172 Å². The second-order valence-corrected chi connectivity index (χ2v) is 8.20. The van der Waals surface area contributed by atoms with Gasteiger partial charge in [-0.3, -0.25) is 4.99 Å². The first-order valence-electron chi connectivity index (χ1n) is 11.3. The standard InChI is InChI=1S/C21H43N5O2/c1-4-25-9-11-26(12-10-25)17-19(2)16-24-21(22-3)23-8-5-13-28-18-20-6-14-27-15-7-20/h19-20H,4-18H2,1-3H3,(H2,22,23,24). The van der Waals surface area contributed by atoms with Crippen LogP contribution in [0.4, 0.5) is 0 Å². The van der Waals surface area contributed by atoms with E-state index in [0.29, 0.717) is 11.8 Å². The summed E-state index contributed by atoms with van der Waals surface area (Å²) in [4.78, 5) is 9.45. The van der Waals surface area contributed by atoms with Crippen LogP contribution in [0, 0.1) is 11.8 Å². The molecule has 28 heavy (non-hydrogen) atoms. The van der Waals surface area contributed by atoms with Crippen molar-refractivity contribution in [3.63, 3.8) is 0 Å². The first-order valence-corrected chi connectivity index (χ1v) is 11.3. The Morgan fingerprint density at radius 1 is 1.14 bits per heavy atom. The van der Waals surface area contributed by atoms with E-state index in [2.05, 4.69) is 39.3 Å². The van der Waals surface area contributed by atoms with Crippen LogP contribution in [0.2, 0.25) is 0 Å². The van der Waals surface area contributed by atoms with Gasteiger partial charge in [0.2, 0.25) is 0 Å². The number of nitrogens with zero attached hydrogens (tertiary/aromatic N) is 3. The lowest BCUT2D eigenvalue weighted by Crippen LogP contribution is -2.48. The number of hydrogen-bond donors (Lipinski definition) is 2. The zero-order valence-electron chi connectivity index (χ0n) is 18.4. The number of rotatable bonds is 11. The van der Waals surface area contributed by atoms with Gasteiger partial charge < -0.3 is 29.9 Å². The van der Waals surface area contributed by atoms with Crippen LogP contribution in [-0.2, 0) is 9.47 Å². The summed E-state index contributed by atoms with van der Waals surface area (Å²) in [5, 5.41) is 6.87. The fraction of sp³-hybridized carbons (Fsp3) is 0.952. The molecule has 0 aliphatic carbocycles. The molecule has 2 heterocycles. The number of likely N-dealkylation sites (N-methyl/N-ethyl adjacent to an activating group) is 1. The maximum atomic E-state index is 5.82. The van der Waals surface area contributed by atoms with Crippen molar-refractivity contribution in [2.24, 2.45) is 16.8 Å². The Hall–Kier alpha value is -0.890. The highest BCUT2D eigenvalue weighted by atomic mass is 16.5. The van der Waals surface area contributed by atoms with Crippen molar-refractivity contribution in [2.45, 2.75) is 33.1 Å². The third kappa shape index (κ3) is 9.54. The summed E-state index contributed by atoms with van der Waals surface area (Å²) in [5.41, 5.74) is 0. The van der Waals surface area contributed by atoms with Crippen LogP contribution >= 0.6 is 0 Å². The molecule has 0 bridgehead atoms. The number of guanidine groups is 1. The van der Waals surface area contributed by atoms with Crippen molar-refractivity contribution in [1.82, 2.24) is 20.4 Å². The molecular weight excluding hydrogens is 354 g/mol. The highest BCUT2D eigenvalue weighted by molar-refractivity contribution is 5.79. The van der Waals surface area contributed by atoms with E-state index in [0.717, 1.165) is 71.3 Å². The molecule has 2 N–H and O–H groups in total. The van der Waals surface area contributed by atoms with E-state index >= 15 is 0 Å². The Bertz CT molecular complexity index is 421. The highest BCUT2D eigenvalue weighted by Gasteiger charge is 2.17. The molecule has 1 unspecified atom stereocenters. The largest absolute Gasteiger partial charge is 0.381 e. The summed E-state index contributed by atoms with van der Waals surface area (Å²) in [5.74, 6) is 2.18. The number of aliphatic imine (C=N–C) groups is 1. The monoisotopic (exact) mass is 397 g/mol. The van der Waals surface area contributed by atoms with Gasteiger partial charge in [0.15, 0.2) is 5.96 Å². The molecular formula is C21H43N5O2. The van der Waals surface area contributed by atoms with E-state index in [1.165, 1.54) is 32.7 Å². The Balaban J connectivity index is 1.47.